The van der Waals surface area contributed by atoms with Gasteiger partial charge in [0.05, 0.1) is 29.2 Å². The predicted molar refractivity (Wildman–Crippen MR) is 106 cm³/mol. The summed E-state index contributed by atoms with van der Waals surface area (Å²) in [6, 6.07) is 10.6. The summed E-state index contributed by atoms with van der Waals surface area (Å²) >= 11 is 6.88. The first-order valence-corrected chi connectivity index (χ1v) is 9.17. The number of anilines is 2. The second kappa shape index (κ2) is 9.79. The Morgan fingerprint density at radius 1 is 1.11 bits per heavy atom. The van der Waals surface area contributed by atoms with E-state index < -0.39 is 10.8 Å². The van der Waals surface area contributed by atoms with Gasteiger partial charge in [-0.2, -0.15) is 0 Å². The van der Waals surface area contributed by atoms with E-state index in [1.807, 2.05) is 0 Å². The van der Waals surface area contributed by atoms with Gasteiger partial charge in [0.1, 0.15) is 5.75 Å². The molecule has 10 heteroatoms. The van der Waals surface area contributed by atoms with Gasteiger partial charge in [0.2, 0.25) is 11.8 Å². The number of hydrogen-bond acceptors (Lipinski definition) is 6. The molecule has 142 valence electrons. The van der Waals surface area contributed by atoms with Crippen molar-refractivity contribution in [2.45, 2.75) is 0 Å². The molecule has 0 fully saturated rings. The highest BCUT2D eigenvalue weighted by molar-refractivity contribution is 8.00. The quantitative estimate of drug-likeness (QED) is 0.509. The van der Waals surface area contributed by atoms with E-state index in [0.717, 1.165) is 11.8 Å². The molecule has 0 atom stereocenters. The van der Waals surface area contributed by atoms with E-state index in [0.29, 0.717) is 16.5 Å². The van der Waals surface area contributed by atoms with Crippen molar-refractivity contribution < 1.29 is 19.2 Å². The summed E-state index contributed by atoms with van der Waals surface area (Å²) in [5.41, 5.74) is 0.639. The maximum Gasteiger partial charge on any atom is 0.271 e. The highest BCUT2D eigenvalue weighted by Gasteiger charge is 2.14. The van der Waals surface area contributed by atoms with Crippen LogP contribution >= 0.6 is 23.4 Å². The van der Waals surface area contributed by atoms with Crippen LogP contribution in [0.25, 0.3) is 0 Å². The van der Waals surface area contributed by atoms with E-state index >= 15 is 0 Å². The Kier molecular flexibility index (Phi) is 7.44. The fraction of sp³-hybridized carbons (Fsp3) is 0.176. The van der Waals surface area contributed by atoms with E-state index in [2.05, 4.69) is 10.6 Å². The molecule has 0 saturated heterocycles. The Hall–Kier alpha value is -2.78. The van der Waals surface area contributed by atoms with Crippen LogP contribution in [0.1, 0.15) is 0 Å². The van der Waals surface area contributed by atoms with Crippen molar-refractivity contribution in [2.24, 2.45) is 0 Å². The maximum absolute atomic E-state index is 12.0. The largest absolute Gasteiger partial charge is 0.495 e. The van der Waals surface area contributed by atoms with Crippen LogP contribution < -0.4 is 15.4 Å². The monoisotopic (exact) mass is 409 g/mol. The minimum Gasteiger partial charge on any atom is -0.495 e. The maximum atomic E-state index is 12.0. The number of halogens is 1. The highest BCUT2D eigenvalue weighted by atomic mass is 35.5. The van der Waals surface area contributed by atoms with Crippen LogP contribution in [0, 0.1) is 10.1 Å². The summed E-state index contributed by atoms with van der Waals surface area (Å²) in [4.78, 5) is 34.2. The number of hydrogen-bond donors (Lipinski definition) is 2. The molecule has 2 rings (SSSR count). The molecule has 2 N–H and O–H groups in total. The van der Waals surface area contributed by atoms with Crippen LogP contribution in [0.15, 0.2) is 42.5 Å². The third-order valence-electron chi connectivity index (χ3n) is 3.26. The van der Waals surface area contributed by atoms with Gasteiger partial charge in [-0.25, -0.2) is 0 Å². The molecular formula is C17H16ClN3O5S. The van der Waals surface area contributed by atoms with Gasteiger partial charge in [-0.3, -0.25) is 19.7 Å². The Morgan fingerprint density at radius 3 is 2.33 bits per heavy atom. The van der Waals surface area contributed by atoms with Crippen LogP contribution in [0.3, 0.4) is 0 Å². The molecular weight excluding hydrogens is 394 g/mol. The normalized spacial score (nSPS) is 10.1. The number of carbonyl (C=O) groups excluding carboxylic acids is 2. The number of benzene rings is 2. The van der Waals surface area contributed by atoms with Crippen LogP contribution in [0.5, 0.6) is 5.75 Å². The number of methoxy groups -OCH3 is 1. The van der Waals surface area contributed by atoms with Crippen molar-refractivity contribution in [2.75, 3.05) is 29.2 Å². The number of thioether (sulfide) groups is 1. The van der Waals surface area contributed by atoms with Gasteiger partial charge in [-0.15, -0.1) is 11.8 Å². The summed E-state index contributed by atoms with van der Waals surface area (Å²) in [7, 11) is 1.40. The first-order chi connectivity index (χ1) is 12.9. The second-order valence-electron chi connectivity index (χ2n) is 5.24. The summed E-state index contributed by atoms with van der Waals surface area (Å²) < 4.78 is 5.08. The second-order valence-corrected chi connectivity index (χ2v) is 6.66. The van der Waals surface area contributed by atoms with Gasteiger partial charge in [-0.05, 0) is 30.3 Å². The smallest absolute Gasteiger partial charge is 0.271 e. The topological polar surface area (TPSA) is 111 Å². The number of carbonyl (C=O) groups is 2. The van der Waals surface area contributed by atoms with Gasteiger partial charge in [-0.1, -0.05) is 11.6 Å². The fourth-order valence-corrected chi connectivity index (χ4v) is 2.80. The first kappa shape index (κ1) is 20.5. The molecule has 0 aliphatic carbocycles. The van der Waals surface area contributed by atoms with Crippen molar-refractivity contribution in [1.29, 1.82) is 0 Å². The number of nitro groups is 1. The molecule has 2 aromatic carbocycles. The summed E-state index contributed by atoms with van der Waals surface area (Å²) in [6.45, 7) is 0. The first-order valence-electron chi connectivity index (χ1n) is 7.64. The molecule has 2 aromatic rings. The Morgan fingerprint density at radius 2 is 1.74 bits per heavy atom. The number of nitro benzene ring substituents is 1. The van der Waals surface area contributed by atoms with E-state index in [1.165, 1.54) is 25.3 Å². The Bertz CT molecular complexity index is 845. The molecule has 8 nitrogen and oxygen atoms in total. The van der Waals surface area contributed by atoms with Crippen LogP contribution in [-0.4, -0.2) is 35.4 Å². The number of nitrogens with one attached hydrogen (secondary N) is 2. The number of amides is 2. The molecule has 27 heavy (non-hydrogen) atoms. The predicted octanol–water partition coefficient (Wildman–Crippen LogP) is 3.57. The lowest BCUT2D eigenvalue weighted by atomic mass is 10.2. The zero-order valence-corrected chi connectivity index (χ0v) is 15.8. The molecule has 0 spiro atoms. The molecule has 0 aromatic heterocycles. The fourth-order valence-electron chi connectivity index (χ4n) is 2.06. The van der Waals surface area contributed by atoms with E-state index in [9.17, 15) is 19.7 Å². The van der Waals surface area contributed by atoms with Crippen molar-refractivity contribution >= 4 is 52.2 Å². The van der Waals surface area contributed by atoms with Gasteiger partial charge >= 0.3 is 0 Å². The van der Waals surface area contributed by atoms with Gasteiger partial charge in [0.15, 0.2) is 0 Å². The standard InChI is InChI=1S/C17H16ClN3O5S/c1-26-15-7-6-13(21(24)25)8-14(15)20-17(23)10-27-9-16(22)19-12-4-2-11(18)3-5-12/h2-8H,9-10H2,1H3,(H,19,22)(H,20,23). The Balaban J connectivity index is 1.84. The number of non-ortho nitro benzene ring substituents is 1. The van der Waals surface area contributed by atoms with Crippen LogP contribution in [0.4, 0.5) is 17.1 Å². The lowest BCUT2D eigenvalue weighted by Crippen LogP contribution is -2.18. The zero-order valence-electron chi connectivity index (χ0n) is 14.2. The zero-order chi connectivity index (χ0) is 19.8. The third kappa shape index (κ3) is 6.46. The minimum atomic E-state index is -0.565. The van der Waals surface area contributed by atoms with Crippen LogP contribution in [0.2, 0.25) is 5.02 Å². The molecule has 0 saturated carbocycles. The molecule has 0 heterocycles. The van der Waals surface area contributed by atoms with E-state index in [4.69, 9.17) is 16.3 Å². The molecule has 0 unspecified atom stereocenters. The van der Waals surface area contributed by atoms with Gasteiger partial charge in [0.25, 0.3) is 5.69 Å². The number of nitrogens with zero attached hydrogens (tertiary/aromatic N) is 1. The van der Waals surface area contributed by atoms with Gasteiger partial charge in [0, 0.05) is 22.8 Å². The molecule has 0 radical (unpaired) electrons. The average molecular weight is 410 g/mol. The Labute approximate surface area is 164 Å². The number of ether oxygens (including phenoxy) is 1. The summed E-state index contributed by atoms with van der Waals surface area (Å²) in [6.07, 6.45) is 0. The van der Waals surface area contributed by atoms with Crippen molar-refractivity contribution in [3.8, 4) is 5.75 Å². The highest BCUT2D eigenvalue weighted by Crippen LogP contribution is 2.29. The molecule has 2 amide bonds. The molecule has 0 aliphatic heterocycles. The summed E-state index contributed by atoms with van der Waals surface area (Å²) in [5, 5.41) is 16.7. The van der Waals surface area contributed by atoms with E-state index in [-0.39, 0.29) is 28.8 Å². The van der Waals surface area contributed by atoms with Crippen molar-refractivity contribution in [1.82, 2.24) is 0 Å². The lowest BCUT2D eigenvalue weighted by molar-refractivity contribution is -0.384. The number of rotatable bonds is 8. The van der Waals surface area contributed by atoms with Crippen LogP contribution in [-0.2, 0) is 9.59 Å². The van der Waals surface area contributed by atoms with Crippen molar-refractivity contribution in [3.05, 3.63) is 57.6 Å². The van der Waals surface area contributed by atoms with Crippen molar-refractivity contribution in [3.63, 3.8) is 0 Å². The minimum absolute atomic E-state index is 0.000115. The van der Waals surface area contributed by atoms with E-state index in [1.54, 1.807) is 24.3 Å². The molecule has 0 aliphatic rings. The lowest BCUT2D eigenvalue weighted by Gasteiger charge is -2.10. The third-order valence-corrected chi connectivity index (χ3v) is 4.45. The molecule has 0 bridgehead atoms. The average Bonchev–Trinajstić information content (AvgIpc) is 2.63. The summed E-state index contributed by atoms with van der Waals surface area (Å²) in [5.74, 6) is -0.289. The SMILES string of the molecule is COc1ccc([N+](=O)[O-])cc1NC(=O)CSCC(=O)Nc1ccc(Cl)cc1. The van der Waals surface area contributed by atoms with Gasteiger partial charge < -0.3 is 15.4 Å².